The van der Waals surface area contributed by atoms with Gasteiger partial charge in [-0.25, -0.2) is 4.98 Å². The lowest BCUT2D eigenvalue weighted by atomic mass is 9.94. The van der Waals surface area contributed by atoms with Crippen LogP contribution in [0.1, 0.15) is 0 Å². The second kappa shape index (κ2) is 8.37. The molecule has 0 N–H and O–H groups in total. The van der Waals surface area contributed by atoms with Crippen molar-refractivity contribution in [3.8, 4) is 33.7 Å². The van der Waals surface area contributed by atoms with Gasteiger partial charge in [-0.15, -0.1) is 0 Å². The average molecular weight is 470 g/mol. The minimum absolute atomic E-state index is 0.658. The van der Waals surface area contributed by atoms with Gasteiger partial charge in [0.05, 0.1) is 8.07 Å². The standard InChI is InChI=1S/C32H27NOSi/c1-35(2,3)25-18-16-23(17-19-25)22-12-14-24(15-13-22)26-20-21-29(28-9-5-4-8-27(26)28)32-33-30-10-6-7-11-31(30)34-32/h4-21H,1-3H3. The predicted molar refractivity (Wildman–Crippen MR) is 151 cm³/mol. The first-order chi connectivity index (χ1) is 17.0. The summed E-state index contributed by atoms with van der Waals surface area (Å²) in [5.41, 5.74) is 7.61. The van der Waals surface area contributed by atoms with Crippen LogP contribution in [-0.4, -0.2) is 13.1 Å². The molecule has 0 amide bonds. The van der Waals surface area contributed by atoms with E-state index in [4.69, 9.17) is 9.40 Å². The molecule has 0 aliphatic carbocycles. The van der Waals surface area contributed by atoms with Crippen molar-refractivity contribution >= 4 is 35.1 Å². The molecular weight excluding hydrogens is 442 g/mol. The third-order valence-electron chi connectivity index (χ3n) is 6.73. The Labute approximate surface area is 206 Å². The van der Waals surface area contributed by atoms with E-state index < -0.39 is 8.07 Å². The van der Waals surface area contributed by atoms with Crippen LogP contribution in [0.3, 0.4) is 0 Å². The maximum Gasteiger partial charge on any atom is 0.227 e. The van der Waals surface area contributed by atoms with Gasteiger partial charge in [0, 0.05) is 5.56 Å². The number of hydrogen-bond acceptors (Lipinski definition) is 2. The summed E-state index contributed by atoms with van der Waals surface area (Å²) >= 11 is 0. The van der Waals surface area contributed by atoms with Crippen LogP contribution in [0, 0.1) is 0 Å². The second-order valence-corrected chi connectivity index (χ2v) is 15.2. The molecule has 0 unspecified atom stereocenters. The van der Waals surface area contributed by atoms with Gasteiger partial charge < -0.3 is 4.42 Å². The molecule has 0 bridgehead atoms. The molecule has 0 spiro atoms. The minimum Gasteiger partial charge on any atom is -0.436 e. The molecule has 170 valence electrons. The molecule has 1 aromatic heterocycles. The average Bonchev–Trinajstić information content (AvgIpc) is 3.32. The number of aromatic nitrogens is 1. The van der Waals surface area contributed by atoms with Crippen molar-refractivity contribution in [3.05, 3.63) is 109 Å². The highest BCUT2D eigenvalue weighted by Crippen LogP contribution is 2.37. The van der Waals surface area contributed by atoms with E-state index >= 15 is 0 Å². The highest BCUT2D eigenvalue weighted by molar-refractivity contribution is 6.88. The molecule has 0 saturated carbocycles. The Morgan fingerprint density at radius 2 is 1.09 bits per heavy atom. The number of fused-ring (bicyclic) bond motifs is 2. The van der Waals surface area contributed by atoms with Gasteiger partial charge in [0.15, 0.2) is 5.58 Å². The Hall–Kier alpha value is -3.95. The minimum atomic E-state index is -1.29. The summed E-state index contributed by atoms with van der Waals surface area (Å²) in [6.45, 7) is 7.16. The Kier molecular flexibility index (Phi) is 5.16. The molecule has 3 heteroatoms. The number of nitrogens with zero attached hydrogens (tertiary/aromatic N) is 1. The lowest BCUT2D eigenvalue weighted by Gasteiger charge is -2.17. The van der Waals surface area contributed by atoms with Crippen LogP contribution < -0.4 is 5.19 Å². The molecule has 2 nitrogen and oxygen atoms in total. The maximum absolute atomic E-state index is 6.09. The summed E-state index contributed by atoms with van der Waals surface area (Å²) in [7, 11) is -1.29. The third kappa shape index (κ3) is 3.98. The molecule has 0 radical (unpaired) electrons. The number of para-hydroxylation sites is 2. The summed E-state index contributed by atoms with van der Waals surface area (Å²) < 4.78 is 6.09. The Balaban J connectivity index is 1.39. The van der Waals surface area contributed by atoms with Gasteiger partial charge in [-0.1, -0.05) is 116 Å². The second-order valence-electron chi connectivity index (χ2n) is 10.1. The van der Waals surface area contributed by atoms with Crippen molar-refractivity contribution in [1.29, 1.82) is 0 Å². The van der Waals surface area contributed by atoms with Crippen LogP contribution >= 0.6 is 0 Å². The number of oxazole rings is 1. The zero-order valence-electron chi connectivity index (χ0n) is 20.2. The molecule has 0 atom stereocenters. The topological polar surface area (TPSA) is 26.0 Å². The van der Waals surface area contributed by atoms with Crippen LogP contribution in [-0.2, 0) is 0 Å². The summed E-state index contributed by atoms with van der Waals surface area (Å²) in [6.07, 6.45) is 0. The Morgan fingerprint density at radius 3 is 1.74 bits per heavy atom. The van der Waals surface area contributed by atoms with Crippen molar-refractivity contribution in [2.45, 2.75) is 19.6 Å². The first kappa shape index (κ1) is 21.6. The van der Waals surface area contributed by atoms with E-state index in [-0.39, 0.29) is 0 Å². The molecule has 0 fully saturated rings. The van der Waals surface area contributed by atoms with Crippen molar-refractivity contribution in [2.75, 3.05) is 0 Å². The van der Waals surface area contributed by atoms with Gasteiger partial charge in [-0.2, -0.15) is 0 Å². The van der Waals surface area contributed by atoms with Crippen LogP contribution in [0.2, 0.25) is 19.6 Å². The molecule has 0 saturated heterocycles. The van der Waals surface area contributed by atoms with E-state index in [2.05, 4.69) is 105 Å². The molecule has 1 heterocycles. The van der Waals surface area contributed by atoms with E-state index in [1.807, 2.05) is 24.3 Å². The largest absolute Gasteiger partial charge is 0.436 e. The molecular formula is C32H27NOSi. The van der Waals surface area contributed by atoms with E-state index in [0.29, 0.717) is 5.89 Å². The van der Waals surface area contributed by atoms with Crippen molar-refractivity contribution < 1.29 is 4.42 Å². The fraction of sp³-hybridized carbons (Fsp3) is 0.0938. The summed E-state index contributed by atoms with van der Waals surface area (Å²) in [6, 6.07) is 38.7. The van der Waals surface area contributed by atoms with Crippen molar-refractivity contribution in [1.82, 2.24) is 4.98 Å². The molecule has 35 heavy (non-hydrogen) atoms. The first-order valence-electron chi connectivity index (χ1n) is 12.1. The highest BCUT2D eigenvalue weighted by atomic mass is 28.3. The summed E-state index contributed by atoms with van der Waals surface area (Å²) in [5, 5.41) is 3.82. The third-order valence-corrected chi connectivity index (χ3v) is 8.79. The lowest BCUT2D eigenvalue weighted by Crippen LogP contribution is -2.37. The van der Waals surface area contributed by atoms with Crippen LogP contribution in [0.4, 0.5) is 0 Å². The number of hydrogen-bond donors (Lipinski definition) is 0. The number of rotatable bonds is 4. The van der Waals surface area contributed by atoms with Crippen LogP contribution in [0.5, 0.6) is 0 Å². The SMILES string of the molecule is C[Si](C)(C)c1ccc(-c2ccc(-c3ccc(-c4nc5ccccc5o4)c4ccccc34)cc2)cc1. The van der Waals surface area contributed by atoms with Gasteiger partial charge in [0.25, 0.3) is 0 Å². The fourth-order valence-corrected chi connectivity index (χ4v) is 5.90. The fourth-order valence-electron chi connectivity index (χ4n) is 4.73. The molecule has 0 aliphatic rings. The van der Waals surface area contributed by atoms with Gasteiger partial charge in [0.2, 0.25) is 5.89 Å². The molecule has 6 aromatic rings. The molecule has 6 rings (SSSR count). The van der Waals surface area contributed by atoms with E-state index in [9.17, 15) is 0 Å². The van der Waals surface area contributed by atoms with E-state index in [1.54, 1.807) is 0 Å². The zero-order chi connectivity index (χ0) is 24.0. The van der Waals surface area contributed by atoms with Gasteiger partial charge in [0.1, 0.15) is 5.52 Å². The summed E-state index contributed by atoms with van der Waals surface area (Å²) in [4.78, 5) is 4.74. The van der Waals surface area contributed by atoms with E-state index in [1.165, 1.54) is 32.8 Å². The maximum atomic E-state index is 6.09. The lowest BCUT2D eigenvalue weighted by molar-refractivity contribution is 0.620. The van der Waals surface area contributed by atoms with Gasteiger partial charge in [-0.3, -0.25) is 0 Å². The monoisotopic (exact) mass is 469 g/mol. The van der Waals surface area contributed by atoms with Crippen LogP contribution in [0.25, 0.3) is 55.6 Å². The van der Waals surface area contributed by atoms with Crippen molar-refractivity contribution in [2.24, 2.45) is 0 Å². The Bertz CT molecular complexity index is 1620. The highest BCUT2D eigenvalue weighted by Gasteiger charge is 2.16. The molecule has 5 aromatic carbocycles. The predicted octanol–water partition coefficient (Wildman–Crippen LogP) is 8.53. The zero-order valence-corrected chi connectivity index (χ0v) is 21.2. The number of benzene rings is 5. The summed E-state index contributed by atoms with van der Waals surface area (Å²) in [5.74, 6) is 0.658. The van der Waals surface area contributed by atoms with Crippen molar-refractivity contribution in [3.63, 3.8) is 0 Å². The normalized spacial score (nSPS) is 11.9. The molecule has 0 aliphatic heterocycles. The van der Waals surface area contributed by atoms with E-state index in [0.717, 1.165) is 22.0 Å². The Morgan fingerprint density at radius 1 is 0.543 bits per heavy atom. The van der Waals surface area contributed by atoms with Gasteiger partial charge >= 0.3 is 0 Å². The smallest absolute Gasteiger partial charge is 0.227 e. The quantitative estimate of drug-likeness (QED) is 0.242. The van der Waals surface area contributed by atoms with Gasteiger partial charge in [-0.05, 0) is 51.2 Å². The first-order valence-corrected chi connectivity index (χ1v) is 15.6. The van der Waals surface area contributed by atoms with Crippen LogP contribution in [0.15, 0.2) is 114 Å².